The summed E-state index contributed by atoms with van der Waals surface area (Å²) in [5, 5.41) is 5.25. The van der Waals surface area contributed by atoms with Crippen molar-refractivity contribution in [3.8, 4) is 10.6 Å². The number of anilines is 1. The quantitative estimate of drug-likeness (QED) is 0.646. The van der Waals surface area contributed by atoms with Crippen molar-refractivity contribution in [1.29, 1.82) is 0 Å². The van der Waals surface area contributed by atoms with E-state index in [1.807, 2.05) is 35.7 Å². The Morgan fingerprint density at radius 2 is 2.00 bits per heavy atom. The Labute approximate surface area is 173 Å². The number of thioether (sulfide) groups is 1. The highest BCUT2D eigenvalue weighted by atomic mass is 35.5. The van der Waals surface area contributed by atoms with Gasteiger partial charge in [-0.05, 0) is 24.3 Å². The van der Waals surface area contributed by atoms with Gasteiger partial charge in [-0.1, -0.05) is 29.8 Å². The van der Waals surface area contributed by atoms with E-state index in [4.69, 9.17) is 11.6 Å². The van der Waals surface area contributed by atoms with Crippen LogP contribution in [0.3, 0.4) is 0 Å². The highest BCUT2D eigenvalue weighted by molar-refractivity contribution is 7.99. The van der Waals surface area contributed by atoms with Gasteiger partial charge in [-0.25, -0.2) is 4.98 Å². The second-order valence-electron chi connectivity index (χ2n) is 5.79. The SMILES string of the molecule is O=C(Nc1nc(-c2ccc(Cl)s2)cs1)[C@@H]1CSCN1C(=O)c1ccccc1. The molecule has 9 heteroatoms. The van der Waals surface area contributed by atoms with E-state index in [0.29, 0.717) is 26.7 Å². The number of rotatable bonds is 4. The molecular weight excluding hydrogens is 422 g/mol. The molecule has 3 heterocycles. The number of carbonyl (C=O) groups is 2. The summed E-state index contributed by atoms with van der Waals surface area (Å²) >= 11 is 10.3. The molecule has 4 rings (SSSR count). The lowest BCUT2D eigenvalue weighted by atomic mass is 10.1. The van der Waals surface area contributed by atoms with E-state index in [0.717, 1.165) is 10.6 Å². The van der Waals surface area contributed by atoms with Gasteiger partial charge in [0.05, 0.1) is 20.8 Å². The summed E-state index contributed by atoms with van der Waals surface area (Å²) in [4.78, 5) is 32.5. The van der Waals surface area contributed by atoms with Gasteiger partial charge in [-0.15, -0.1) is 34.4 Å². The van der Waals surface area contributed by atoms with Crippen LogP contribution in [0.25, 0.3) is 10.6 Å². The molecule has 1 N–H and O–H groups in total. The van der Waals surface area contributed by atoms with Crippen molar-refractivity contribution in [2.45, 2.75) is 6.04 Å². The molecule has 1 aliphatic heterocycles. The molecule has 1 fully saturated rings. The Morgan fingerprint density at radius 3 is 2.74 bits per heavy atom. The zero-order chi connectivity index (χ0) is 18.8. The third-order valence-electron chi connectivity index (χ3n) is 4.03. The number of thiazole rings is 1. The summed E-state index contributed by atoms with van der Waals surface area (Å²) in [7, 11) is 0. The second kappa shape index (κ2) is 8.02. The Bertz CT molecular complexity index is 973. The van der Waals surface area contributed by atoms with E-state index in [-0.39, 0.29) is 11.8 Å². The number of hydrogen-bond acceptors (Lipinski definition) is 6. The van der Waals surface area contributed by atoms with Gasteiger partial charge in [0.25, 0.3) is 5.91 Å². The van der Waals surface area contributed by atoms with E-state index in [1.165, 1.54) is 22.7 Å². The van der Waals surface area contributed by atoms with Gasteiger partial charge in [0.15, 0.2) is 5.13 Å². The number of nitrogens with one attached hydrogen (secondary N) is 1. The average Bonchev–Trinajstić information content (AvgIpc) is 3.42. The highest BCUT2D eigenvalue weighted by Gasteiger charge is 2.35. The summed E-state index contributed by atoms with van der Waals surface area (Å²) < 4.78 is 0.696. The van der Waals surface area contributed by atoms with Gasteiger partial charge < -0.3 is 10.2 Å². The molecule has 0 saturated carbocycles. The second-order valence-corrected chi connectivity index (χ2v) is 9.36. The standard InChI is InChI=1S/C18H14ClN3O2S3/c19-15-7-6-14(27-15)12-8-26-18(20-12)21-16(23)13-9-25-10-22(13)17(24)11-4-2-1-3-5-11/h1-8,13H,9-10H2,(H,20,21,23)/t13-/m0/s1. The van der Waals surface area contributed by atoms with Crippen LogP contribution in [0.15, 0.2) is 47.8 Å². The van der Waals surface area contributed by atoms with Gasteiger partial charge in [0.1, 0.15) is 6.04 Å². The molecule has 27 heavy (non-hydrogen) atoms. The van der Waals surface area contributed by atoms with Crippen LogP contribution in [0.1, 0.15) is 10.4 Å². The van der Waals surface area contributed by atoms with Crippen LogP contribution in [0.2, 0.25) is 4.34 Å². The fraction of sp³-hybridized carbons (Fsp3) is 0.167. The first kappa shape index (κ1) is 18.5. The predicted octanol–water partition coefficient (Wildman–Crippen LogP) is 4.68. The number of hydrogen-bond donors (Lipinski definition) is 1. The number of thiophene rings is 1. The monoisotopic (exact) mass is 435 g/mol. The first-order chi connectivity index (χ1) is 13.1. The molecule has 1 aromatic carbocycles. The molecule has 2 aromatic heterocycles. The Balaban J connectivity index is 1.46. The van der Waals surface area contributed by atoms with E-state index in [1.54, 1.807) is 28.8 Å². The Morgan fingerprint density at radius 1 is 1.19 bits per heavy atom. The van der Waals surface area contributed by atoms with Crippen LogP contribution in [-0.2, 0) is 4.79 Å². The molecule has 0 radical (unpaired) electrons. The minimum atomic E-state index is -0.508. The first-order valence-electron chi connectivity index (χ1n) is 8.07. The zero-order valence-corrected chi connectivity index (χ0v) is 17.1. The summed E-state index contributed by atoms with van der Waals surface area (Å²) in [6.07, 6.45) is 0. The van der Waals surface area contributed by atoms with Gasteiger partial charge in [0, 0.05) is 16.7 Å². The van der Waals surface area contributed by atoms with Crippen molar-refractivity contribution < 1.29 is 9.59 Å². The topological polar surface area (TPSA) is 62.3 Å². The number of nitrogens with zero attached hydrogens (tertiary/aromatic N) is 2. The van der Waals surface area contributed by atoms with Crippen molar-refractivity contribution in [1.82, 2.24) is 9.88 Å². The summed E-state index contributed by atoms with van der Waals surface area (Å²) in [5.41, 5.74) is 1.37. The number of halogens is 1. The van der Waals surface area contributed by atoms with Gasteiger partial charge in [-0.3, -0.25) is 9.59 Å². The zero-order valence-electron chi connectivity index (χ0n) is 13.9. The Hall–Kier alpha value is -1.87. The van der Waals surface area contributed by atoms with Gasteiger partial charge >= 0.3 is 0 Å². The van der Waals surface area contributed by atoms with Crippen LogP contribution < -0.4 is 5.32 Å². The van der Waals surface area contributed by atoms with E-state index in [2.05, 4.69) is 10.3 Å². The summed E-state index contributed by atoms with van der Waals surface area (Å²) in [5.74, 6) is 0.731. The van der Waals surface area contributed by atoms with Crippen molar-refractivity contribution >= 4 is 63.0 Å². The minimum Gasteiger partial charge on any atom is -0.316 e. The summed E-state index contributed by atoms with van der Waals surface area (Å²) in [6.45, 7) is 0. The molecule has 3 aromatic rings. The molecule has 0 unspecified atom stereocenters. The van der Waals surface area contributed by atoms with Crippen molar-refractivity contribution in [3.05, 3.63) is 57.7 Å². The smallest absolute Gasteiger partial charge is 0.255 e. The lowest BCUT2D eigenvalue weighted by Gasteiger charge is -2.22. The van der Waals surface area contributed by atoms with Crippen LogP contribution in [0.4, 0.5) is 5.13 Å². The maximum atomic E-state index is 12.7. The minimum absolute atomic E-state index is 0.131. The van der Waals surface area contributed by atoms with Crippen molar-refractivity contribution in [2.75, 3.05) is 16.9 Å². The van der Waals surface area contributed by atoms with E-state index >= 15 is 0 Å². The molecule has 1 saturated heterocycles. The molecule has 138 valence electrons. The lowest BCUT2D eigenvalue weighted by Crippen LogP contribution is -2.44. The van der Waals surface area contributed by atoms with Crippen LogP contribution in [-0.4, -0.2) is 39.4 Å². The molecule has 5 nitrogen and oxygen atoms in total. The van der Waals surface area contributed by atoms with Gasteiger partial charge in [0.2, 0.25) is 5.91 Å². The fourth-order valence-electron chi connectivity index (χ4n) is 2.69. The molecule has 2 amide bonds. The number of carbonyl (C=O) groups excluding carboxylic acids is 2. The molecule has 0 bridgehead atoms. The average molecular weight is 436 g/mol. The maximum absolute atomic E-state index is 12.7. The predicted molar refractivity (Wildman–Crippen MR) is 113 cm³/mol. The van der Waals surface area contributed by atoms with E-state index < -0.39 is 6.04 Å². The fourth-order valence-corrected chi connectivity index (χ4v) is 5.64. The first-order valence-corrected chi connectivity index (χ1v) is 11.3. The molecule has 0 aliphatic carbocycles. The number of aromatic nitrogens is 1. The third-order valence-corrected chi connectivity index (χ3v) is 7.05. The lowest BCUT2D eigenvalue weighted by molar-refractivity contribution is -0.119. The third kappa shape index (κ3) is 4.03. The number of amides is 2. The van der Waals surface area contributed by atoms with Crippen molar-refractivity contribution in [2.24, 2.45) is 0 Å². The molecule has 1 atom stereocenters. The maximum Gasteiger partial charge on any atom is 0.255 e. The largest absolute Gasteiger partial charge is 0.316 e. The molecule has 0 spiro atoms. The summed E-state index contributed by atoms with van der Waals surface area (Å²) in [6, 6.07) is 12.2. The van der Waals surface area contributed by atoms with Crippen molar-refractivity contribution in [3.63, 3.8) is 0 Å². The molecule has 1 aliphatic rings. The van der Waals surface area contributed by atoms with E-state index in [9.17, 15) is 9.59 Å². The highest BCUT2D eigenvalue weighted by Crippen LogP contribution is 2.33. The van der Waals surface area contributed by atoms with Crippen LogP contribution in [0, 0.1) is 0 Å². The van der Waals surface area contributed by atoms with Crippen LogP contribution in [0.5, 0.6) is 0 Å². The normalized spacial score (nSPS) is 16.5. The number of benzene rings is 1. The molecular formula is C18H14ClN3O2S3. The van der Waals surface area contributed by atoms with Crippen LogP contribution >= 0.6 is 46.0 Å². The Kier molecular flexibility index (Phi) is 5.49. The van der Waals surface area contributed by atoms with Gasteiger partial charge in [-0.2, -0.15) is 0 Å².